The van der Waals surface area contributed by atoms with Gasteiger partial charge in [-0.1, -0.05) is 11.6 Å². The normalized spacial score (nSPS) is 16.3. The topological polar surface area (TPSA) is 58.6 Å². The summed E-state index contributed by atoms with van der Waals surface area (Å²) in [4.78, 5) is 25.1. The fourth-order valence-corrected chi connectivity index (χ4v) is 1.83. The highest BCUT2D eigenvalue weighted by atomic mass is 16.5. The lowest BCUT2D eigenvalue weighted by Crippen LogP contribution is -2.46. The van der Waals surface area contributed by atoms with Gasteiger partial charge in [-0.2, -0.15) is 0 Å². The number of nitrogens with one attached hydrogen (secondary N) is 1. The maximum absolute atomic E-state index is 12.1. The highest BCUT2D eigenvalue weighted by Crippen LogP contribution is 2.10. The van der Waals surface area contributed by atoms with Crippen LogP contribution in [-0.4, -0.2) is 43.1 Å². The van der Waals surface area contributed by atoms with Crippen LogP contribution in [0.15, 0.2) is 11.6 Å². The van der Waals surface area contributed by atoms with Crippen molar-refractivity contribution in [2.24, 2.45) is 0 Å². The third-order valence-electron chi connectivity index (χ3n) is 2.64. The average molecular weight is 240 g/mol. The lowest BCUT2D eigenvalue weighted by Gasteiger charge is -2.21. The van der Waals surface area contributed by atoms with E-state index in [1.54, 1.807) is 11.0 Å². The number of ether oxygens (including phenoxy) is 1. The molecule has 1 fully saturated rings. The minimum Gasteiger partial charge on any atom is -0.453 e. The molecule has 0 spiro atoms. The van der Waals surface area contributed by atoms with Crippen molar-refractivity contribution in [3.8, 4) is 0 Å². The summed E-state index contributed by atoms with van der Waals surface area (Å²) in [6.45, 7) is 5.33. The summed E-state index contributed by atoms with van der Waals surface area (Å²) in [7, 11) is 1.29. The molecule has 1 N–H and O–H groups in total. The zero-order valence-corrected chi connectivity index (χ0v) is 10.7. The molecule has 2 amide bonds. The van der Waals surface area contributed by atoms with Crippen molar-refractivity contribution in [1.29, 1.82) is 0 Å². The van der Waals surface area contributed by atoms with Crippen LogP contribution in [0, 0.1) is 0 Å². The van der Waals surface area contributed by atoms with E-state index in [0.717, 1.165) is 31.5 Å². The van der Waals surface area contributed by atoms with Gasteiger partial charge >= 0.3 is 6.09 Å². The van der Waals surface area contributed by atoms with E-state index in [9.17, 15) is 9.59 Å². The zero-order chi connectivity index (χ0) is 12.8. The third kappa shape index (κ3) is 4.09. The first kappa shape index (κ1) is 13.5. The molecule has 5 heteroatoms. The fourth-order valence-electron chi connectivity index (χ4n) is 1.83. The maximum atomic E-state index is 12.1. The molecule has 1 unspecified atom stereocenters. The molecule has 0 aliphatic carbocycles. The highest BCUT2D eigenvalue weighted by Gasteiger charge is 2.26. The van der Waals surface area contributed by atoms with Crippen LogP contribution in [0.3, 0.4) is 0 Å². The average Bonchev–Trinajstić information content (AvgIpc) is 2.79. The number of allylic oxidation sites excluding steroid dienone is 1. The van der Waals surface area contributed by atoms with Crippen LogP contribution in [0.25, 0.3) is 0 Å². The van der Waals surface area contributed by atoms with Crippen molar-refractivity contribution >= 4 is 12.0 Å². The molecule has 0 bridgehead atoms. The second kappa shape index (κ2) is 6.27. The summed E-state index contributed by atoms with van der Waals surface area (Å²) in [6, 6.07) is -0.620. The fraction of sp³-hybridized carbons (Fsp3) is 0.667. The predicted molar refractivity (Wildman–Crippen MR) is 64.6 cm³/mol. The van der Waals surface area contributed by atoms with Gasteiger partial charge in [0.2, 0.25) is 5.91 Å². The number of alkyl carbamates (subject to hydrolysis) is 1. The second-order valence-corrected chi connectivity index (χ2v) is 4.39. The van der Waals surface area contributed by atoms with Gasteiger partial charge in [-0.05, 0) is 26.7 Å². The lowest BCUT2D eigenvalue weighted by molar-refractivity contribution is -0.131. The highest BCUT2D eigenvalue weighted by molar-refractivity contribution is 5.87. The first-order valence-electron chi connectivity index (χ1n) is 5.83. The molecule has 96 valence electrons. The van der Waals surface area contributed by atoms with Crippen molar-refractivity contribution < 1.29 is 14.3 Å². The summed E-state index contributed by atoms with van der Waals surface area (Å²) in [6.07, 6.45) is 3.23. The Hall–Kier alpha value is -1.52. The van der Waals surface area contributed by atoms with Crippen molar-refractivity contribution in [3.63, 3.8) is 0 Å². The predicted octanol–water partition coefficient (Wildman–Crippen LogP) is 1.30. The molecule has 1 atom stereocenters. The van der Waals surface area contributed by atoms with E-state index in [0.29, 0.717) is 0 Å². The number of methoxy groups -OCH3 is 1. The van der Waals surface area contributed by atoms with Crippen LogP contribution < -0.4 is 5.32 Å². The van der Waals surface area contributed by atoms with Gasteiger partial charge in [0.05, 0.1) is 7.11 Å². The molecule has 0 saturated carbocycles. The van der Waals surface area contributed by atoms with E-state index in [1.807, 2.05) is 13.8 Å². The Kier molecular flexibility index (Phi) is 5.00. The van der Waals surface area contributed by atoms with Crippen LogP contribution in [0.5, 0.6) is 0 Å². The lowest BCUT2D eigenvalue weighted by atomic mass is 10.2. The third-order valence-corrected chi connectivity index (χ3v) is 2.64. The van der Waals surface area contributed by atoms with Crippen molar-refractivity contribution in [1.82, 2.24) is 10.2 Å². The number of likely N-dealkylation sites (tertiary alicyclic amines) is 1. The Morgan fingerprint density at radius 1 is 1.29 bits per heavy atom. The molecule has 1 aliphatic rings. The standard InChI is InChI=1S/C12H20N2O3/c1-9(2)8-10(13-12(16)17-3)11(15)14-6-4-5-7-14/h8,10H,4-7H2,1-3H3,(H,13,16). The first-order valence-corrected chi connectivity index (χ1v) is 5.83. The summed E-state index contributed by atoms with van der Waals surface area (Å²) < 4.78 is 4.53. The van der Waals surface area contributed by atoms with Gasteiger partial charge in [-0.3, -0.25) is 4.79 Å². The summed E-state index contributed by atoms with van der Waals surface area (Å²) in [5.41, 5.74) is 0.985. The van der Waals surface area contributed by atoms with E-state index < -0.39 is 12.1 Å². The van der Waals surface area contributed by atoms with Crippen molar-refractivity contribution in [2.75, 3.05) is 20.2 Å². The van der Waals surface area contributed by atoms with Crippen molar-refractivity contribution in [3.05, 3.63) is 11.6 Å². The maximum Gasteiger partial charge on any atom is 0.407 e. The van der Waals surface area contributed by atoms with Crippen molar-refractivity contribution in [2.45, 2.75) is 32.7 Å². The van der Waals surface area contributed by atoms with Gasteiger partial charge in [0, 0.05) is 13.1 Å². The Balaban J connectivity index is 2.70. The molecule has 5 nitrogen and oxygen atoms in total. The molecule has 1 heterocycles. The molecular formula is C12H20N2O3. The number of hydrogen-bond donors (Lipinski definition) is 1. The molecule has 0 aromatic heterocycles. The van der Waals surface area contributed by atoms with Gasteiger partial charge in [-0.15, -0.1) is 0 Å². The van der Waals surface area contributed by atoms with Gasteiger partial charge in [-0.25, -0.2) is 4.79 Å². The second-order valence-electron chi connectivity index (χ2n) is 4.39. The minimum absolute atomic E-state index is 0.0610. The Bertz CT molecular complexity index is 316. The molecule has 0 radical (unpaired) electrons. The van der Waals surface area contributed by atoms with Gasteiger partial charge in [0.15, 0.2) is 0 Å². The number of carbonyl (C=O) groups is 2. The summed E-state index contributed by atoms with van der Waals surface area (Å²) >= 11 is 0. The number of rotatable bonds is 3. The van der Waals surface area contributed by atoms with E-state index in [1.165, 1.54) is 7.11 Å². The number of nitrogens with zero attached hydrogens (tertiary/aromatic N) is 1. The first-order chi connectivity index (χ1) is 8.04. The minimum atomic E-state index is -0.620. The largest absolute Gasteiger partial charge is 0.453 e. The molecule has 1 aliphatic heterocycles. The molecule has 0 aromatic carbocycles. The van der Waals surface area contributed by atoms with E-state index in [2.05, 4.69) is 10.1 Å². The molecule has 1 saturated heterocycles. The molecule has 1 rings (SSSR count). The molecular weight excluding hydrogens is 220 g/mol. The number of amides is 2. The SMILES string of the molecule is COC(=O)NC(C=C(C)C)C(=O)N1CCCC1. The van der Waals surface area contributed by atoms with Gasteiger partial charge < -0.3 is 15.0 Å². The monoisotopic (exact) mass is 240 g/mol. The van der Waals surface area contributed by atoms with Crippen LogP contribution in [0.4, 0.5) is 4.79 Å². The summed E-state index contributed by atoms with van der Waals surface area (Å²) in [5, 5.41) is 2.55. The zero-order valence-electron chi connectivity index (χ0n) is 10.7. The quantitative estimate of drug-likeness (QED) is 0.756. The smallest absolute Gasteiger partial charge is 0.407 e. The number of hydrogen-bond acceptors (Lipinski definition) is 3. The van der Waals surface area contributed by atoms with Crippen LogP contribution >= 0.6 is 0 Å². The van der Waals surface area contributed by atoms with Crippen LogP contribution in [0.1, 0.15) is 26.7 Å². The van der Waals surface area contributed by atoms with Crippen LogP contribution in [0.2, 0.25) is 0 Å². The number of carbonyl (C=O) groups excluding carboxylic acids is 2. The Labute approximate surface area is 102 Å². The van der Waals surface area contributed by atoms with Gasteiger partial charge in [0.1, 0.15) is 6.04 Å². The Morgan fingerprint density at radius 2 is 1.88 bits per heavy atom. The summed E-state index contributed by atoms with van der Waals surface area (Å²) in [5.74, 6) is -0.0610. The van der Waals surface area contributed by atoms with E-state index >= 15 is 0 Å². The van der Waals surface area contributed by atoms with E-state index in [-0.39, 0.29) is 5.91 Å². The van der Waals surface area contributed by atoms with Crippen LogP contribution in [-0.2, 0) is 9.53 Å². The Morgan fingerprint density at radius 3 is 2.35 bits per heavy atom. The molecule has 0 aromatic rings. The molecule has 17 heavy (non-hydrogen) atoms. The van der Waals surface area contributed by atoms with Gasteiger partial charge in [0.25, 0.3) is 0 Å². The van der Waals surface area contributed by atoms with E-state index in [4.69, 9.17) is 0 Å².